The lowest BCUT2D eigenvalue weighted by molar-refractivity contribution is -0.284. The zero-order valence-electron chi connectivity index (χ0n) is 23.4. The summed E-state index contributed by atoms with van der Waals surface area (Å²) >= 11 is 0.462. The van der Waals surface area contributed by atoms with Gasteiger partial charge in [-0.2, -0.15) is 22.0 Å². The van der Waals surface area contributed by atoms with Gasteiger partial charge < -0.3 is 9.66 Å². The lowest BCUT2D eigenvalue weighted by atomic mass is 9.67. The highest BCUT2D eigenvalue weighted by molar-refractivity contribution is 7.99. The summed E-state index contributed by atoms with van der Waals surface area (Å²) < 4.78 is 74.5. The summed E-state index contributed by atoms with van der Waals surface area (Å²) in [6, 6.07) is 14.4. The molecule has 2 aromatic rings. The number of aryl methyl sites for hydroxylation is 1. The van der Waals surface area contributed by atoms with Crippen molar-refractivity contribution in [1.29, 1.82) is 0 Å². The number of aromatic hydroxyl groups is 1. The number of thioether (sulfide) groups is 1. The minimum Gasteiger partial charge on any atom is -0.616 e. The van der Waals surface area contributed by atoms with E-state index < -0.39 is 36.1 Å². The summed E-state index contributed by atoms with van der Waals surface area (Å²) in [6.45, 7) is 4.55. The van der Waals surface area contributed by atoms with Crippen molar-refractivity contribution >= 4 is 22.9 Å². The molecule has 2 nitrogen and oxygen atoms in total. The van der Waals surface area contributed by atoms with Crippen molar-refractivity contribution in [3.63, 3.8) is 0 Å². The molecule has 1 aliphatic rings. The van der Waals surface area contributed by atoms with E-state index in [4.69, 9.17) is 0 Å². The first-order chi connectivity index (χ1) is 18.8. The first-order valence-electron chi connectivity index (χ1n) is 14.2. The van der Waals surface area contributed by atoms with E-state index in [2.05, 4.69) is 44.2 Å². The number of phenolic OH excluding ortho intramolecular Hbond substituents is 1. The Kier molecular flexibility index (Phi) is 12.1. The molecular weight excluding hydrogens is 563 g/mol. The van der Waals surface area contributed by atoms with E-state index in [1.807, 2.05) is 17.8 Å². The number of hydrogen-bond acceptors (Lipinski definition) is 3. The Balaban J connectivity index is 1.39. The number of phenols is 1. The molecule has 1 aliphatic heterocycles. The highest BCUT2D eigenvalue weighted by atomic mass is 32.2. The molecule has 0 amide bonds. The largest absolute Gasteiger partial charge is 0.616 e. The zero-order valence-corrected chi connectivity index (χ0v) is 25.0. The number of halogens is 5. The Bertz CT molecular complexity index is 1080. The third-order valence-corrected chi connectivity index (χ3v) is 11.0. The summed E-state index contributed by atoms with van der Waals surface area (Å²) in [5.74, 6) is -2.85. The molecule has 40 heavy (non-hydrogen) atoms. The topological polar surface area (TPSA) is 43.3 Å². The standard InChI is InChI=1S/C31H41F5O2S2/c1-23-13-9-10-14-26(23)29(2)22-39-28-21-24(37)16-17-25(28)27(29)15-8-6-4-3-5-7-11-19-40(38)20-12-18-30(32,33)31(34,35)36/h9-10,13-14,16-17,21,27,37H,3-8,11-12,15,18-20,22H2,1-2H3. The van der Waals surface area contributed by atoms with E-state index in [9.17, 15) is 31.6 Å². The lowest BCUT2D eigenvalue weighted by Crippen LogP contribution is -2.37. The maximum Gasteiger partial charge on any atom is 0.453 e. The van der Waals surface area contributed by atoms with Gasteiger partial charge in [0.15, 0.2) is 0 Å². The van der Waals surface area contributed by atoms with E-state index in [-0.39, 0.29) is 11.2 Å². The summed E-state index contributed by atoms with van der Waals surface area (Å²) in [5.41, 5.74) is 4.00. The van der Waals surface area contributed by atoms with Crippen LogP contribution in [-0.4, -0.2) is 39.0 Å². The molecule has 3 atom stereocenters. The molecule has 0 bridgehead atoms. The first kappa shape index (κ1) is 33.1. The molecule has 3 unspecified atom stereocenters. The molecule has 2 aromatic carbocycles. The molecule has 9 heteroatoms. The van der Waals surface area contributed by atoms with Crippen LogP contribution in [0.1, 0.15) is 93.7 Å². The molecule has 0 saturated carbocycles. The van der Waals surface area contributed by atoms with E-state index >= 15 is 0 Å². The predicted molar refractivity (Wildman–Crippen MR) is 155 cm³/mol. The summed E-state index contributed by atoms with van der Waals surface area (Å²) in [4.78, 5) is 1.17. The van der Waals surface area contributed by atoms with Crippen molar-refractivity contribution in [2.24, 2.45) is 0 Å². The van der Waals surface area contributed by atoms with Crippen LogP contribution in [0, 0.1) is 6.92 Å². The van der Waals surface area contributed by atoms with Crippen molar-refractivity contribution in [2.45, 2.75) is 106 Å². The van der Waals surface area contributed by atoms with Crippen molar-refractivity contribution in [2.75, 3.05) is 17.3 Å². The molecule has 0 aromatic heterocycles. The van der Waals surface area contributed by atoms with Crippen molar-refractivity contribution in [1.82, 2.24) is 0 Å². The van der Waals surface area contributed by atoms with Gasteiger partial charge in [0.25, 0.3) is 0 Å². The van der Waals surface area contributed by atoms with Crippen LogP contribution >= 0.6 is 11.8 Å². The maximum absolute atomic E-state index is 12.9. The second-order valence-corrected chi connectivity index (χ2v) is 13.9. The smallest absolute Gasteiger partial charge is 0.453 e. The number of hydrogen-bond donors (Lipinski definition) is 1. The monoisotopic (exact) mass is 604 g/mol. The van der Waals surface area contributed by atoms with Crippen LogP contribution in [0.5, 0.6) is 5.75 Å². The Morgan fingerprint density at radius 3 is 2.23 bits per heavy atom. The number of fused-ring (bicyclic) bond motifs is 1. The maximum atomic E-state index is 12.9. The molecule has 0 saturated heterocycles. The average molecular weight is 605 g/mol. The molecule has 0 aliphatic carbocycles. The van der Waals surface area contributed by atoms with Crippen LogP contribution < -0.4 is 0 Å². The third-order valence-electron chi connectivity index (χ3n) is 8.07. The average Bonchev–Trinajstić information content (AvgIpc) is 2.88. The Morgan fingerprint density at radius 2 is 1.55 bits per heavy atom. The second kappa shape index (κ2) is 14.6. The fraction of sp³-hybridized carbons (Fsp3) is 0.613. The number of unbranched alkanes of at least 4 members (excludes halogenated alkanes) is 6. The molecule has 0 spiro atoms. The third kappa shape index (κ3) is 8.78. The van der Waals surface area contributed by atoms with Crippen LogP contribution in [0.4, 0.5) is 22.0 Å². The fourth-order valence-electron chi connectivity index (χ4n) is 5.75. The first-order valence-corrected chi connectivity index (χ1v) is 16.6. The molecule has 224 valence electrons. The van der Waals surface area contributed by atoms with Crippen LogP contribution in [-0.2, 0) is 16.6 Å². The Morgan fingerprint density at radius 1 is 0.925 bits per heavy atom. The molecular formula is C31H41F5O2S2. The minimum atomic E-state index is -5.54. The van der Waals surface area contributed by atoms with E-state index in [0.717, 1.165) is 50.7 Å². The quantitative estimate of drug-likeness (QED) is 0.125. The minimum absolute atomic E-state index is 0.00171. The fourth-order valence-corrected chi connectivity index (χ4v) is 8.34. The number of rotatable bonds is 15. The van der Waals surface area contributed by atoms with E-state index in [0.29, 0.717) is 23.8 Å². The van der Waals surface area contributed by atoms with Gasteiger partial charge in [0, 0.05) is 22.5 Å². The van der Waals surface area contributed by atoms with Gasteiger partial charge in [-0.25, -0.2) is 0 Å². The van der Waals surface area contributed by atoms with E-state index in [1.54, 1.807) is 6.07 Å². The normalized spacial score (nSPS) is 20.4. The van der Waals surface area contributed by atoms with Gasteiger partial charge in [0.2, 0.25) is 0 Å². The summed E-state index contributed by atoms with van der Waals surface area (Å²) in [6.07, 6.45) is 0.760. The van der Waals surface area contributed by atoms with Gasteiger partial charge in [-0.3, -0.25) is 0 Å². The van der Waals surface area contributed by atoms with Crippen molar-refractivity contribution in [3.8, 4) is 5.75 Å². The van der Waals surface area contributed by atoms with Crippen molar-refractivity contribution in [3.05, 3.63) is 59.2 Å². The highest BCUT2D eigenvalue weighted by Gasteiger charge is 2.56. The van der Waals surface area contributed by atoms with Gasteiger partial charge >= 0.3 is 12.1 Å². The van der Waals surface area contributed by atoms with Crippen molar-refractivity contribution < 1.29 is 31.6 Å². The second-order valence-electron chi connectivity index (χ2n) is 11.2. The van der Waals surface area contributed by atoms with Gasteiger partial charge in [-0.15, -0.1) is 11.8 Å². The van der Waals surface area contributed by atoms with Crippen LogP contribution in [0.2, 0.25) is 0 Å². The predicted octanol–water partition coefficient (Wildman–Crippen LogP) is 9.70. The SMILES string of the molecule is Cc1ccccc1C1(C)CSc2cc(O)ccc2C1CCCCCCCCC[S+]([O-])CCCC(F)(F)C(F)(F)F. The molecule has 0 radical (unpaired) electrons. The molecule has 1 heterocycles. The Hall–Kier alpha value is -1.45. The van der Waals surface area contributed by atoms with Gasteiger partial charge in [0.1, 0.15) is 17.3 Å². The van der Waals surface area contributed by atoms with Crippen LogP contribution in [0.3, 0.4) is 0 Å². The molecule has 3 rings (SSSR count). The van der Waals surface area contributed by atoms with Gasteiger partial charge in [-0.05, 0) is 67.3 Å². The highest BCUT2D eigenvalue weighted by Crippen LogP contribution is 2.53. The number of benzene rings is 2. The van der Waals surface area contributed by atoms with Crippen LogP contribution in [0.25, 0.3) is 0 Å². The van der Waals surface area contributed by atoms with Gasteiger partial charge in [-0.1, -0.05) is 80.5 Å². The van der Waals surface area contributed by atoms with Gasteiger partial charge in [0.05, 0.1) is 0 Å². The summed E-state index contributed by atoms with van der Waals surface area (Å²) in [7, 11) is 0. The Labute approximate surface area is 242 Å². The molecule has 1 N–H and O–H groups in total. The molecule has 0 fully saturated rings. The van der Waals surface area contributed by atoms with Crippen LogP contribution in [0.15, 0.2) is 47.4 Å². The van der Waals surface area contributed by atoms with E-state index in [1.165, 1.54) is 21.6 Å². The lowest BCUT2D eigenvalue weighted by Gasteiger charge is -2.44. The number of alkyl halides is 5. The zero-order chi connectivity index (χ0) is 29.4. The summed E-state index contributed by atoms with van der Waals surface area (Å²) in [5, 5.41) is 10.0.